The second-order valence-corrected chi connectivity index (χ2v) is 7.86. The van der Waals surface area contributed by atoms with Crippen LogP contribution in [0.2, 0.25) is 0 Å². The average molecular weight is 451 g/mol. The van der Waals surface area contributed by atoms with Crippen molar-refractivity contribution in [1.29, 1.82) is 0 Å². The Morgan fingerprint density at radius 3 is 2.74 bits per heavy atom. The van der Waals surface area contributed by atoms with Crippen molar-refractivity contribution in [2.24, 2.45) is 0 Å². The Morgan fingerprint density at radius 1 is 1.09 bits per heavy atom. The first kappa shape index (κ1) is 14.9. The standard InChI is InChI=1S/C16H9Br2N3OS/c17-9-1-3-11-8(5-9)6-13(19-11)15(22)21-16-20-12-4-2-10(18)7-14(12)23-16/h1-7,19H,(H,20,21,22). The monoisotopic (exact) mass is 449 g/mol. The van der Waals surface area contributed by atoms with Gasteiger partial charge in [-0.15, -0.1) is 0 Å². The zero-order valence-electron chi connectivity index (χ0n) is 11.6. The highest BCUT2D eigenvalue weighted by Crippen LogP contribution is 2.29. The van der Waals surface area contributed by atoms with Crippen LogP contribution in [0.5, 0.6) is 0 Å². The lowest BCUT2D eigenvalue weighted by atomic mass is 10.2. The molecule has 7 heteroatoms. The number of aromatic nitrogens is 2. The minimum atomic E-state index is -0.199. The van der Waals surface area contributed by atoms with E-state index in [-0.39, 0.29) is 5.91 Å². The van der Waals surface area contributed by atoms with Crippen LogP contribution in [0, 0.1) is 0 Å². The summed E-state index contributed by atoms with van der Waals surface area (Å²) in [5, 5.41) is 4.42. The van der Waals surface area contributed by atoms with Gasteiger partial charge >= 0.3 is 0 Å². The van der Waals surface area contributed by atoms with Crippen molar-refractivity contribution < 1.29 is 4.79 Å². The van der Waals surface area contributed by atoms with Crippen molar-refractivity contribution in [3.63, 3.8) is 0 Å². The molecule has 0 aliphatic rings. The predicted octanol–water partition coefficient (Wildman–Crippen LogP) is 5.55. The smallest absolute Gasteiger partial charge is 0.273 e. The van der Waals surface area contributed by atoms with Gasteiger partial charge < -0.3 is 4.98 Å². The summed E-state index contributed by atoms with van der Waals surface area (Å²) in [6.07, 6.45) is 0. The van der Waals surface area contributed by atoms with Gasteiger partial charge in [0.1, 0.15) is 5.69 Å². The predicted molar refractivity (Wildman–Crippen MR) is 101 cm³/mol. The third kappa shape index (κ3) is 2.91. The number of H-pyrrole nitrogens is 1. The molecular formula is C16H9Br2N3OS. The number of anilines is 1. The molecule has 0 aliphatic heterocycles. The summed E-state index contributed by atoms with van der Waals surface area (Å²) >= 11 is 8.32. The van der Waals surface area contributed by atoms with E-state index in [0.29, 0.717) is 10.8 Å². The normalized spacial score (nSPS) is 11.2. The minimum absolute atomic E-state index is 0.199. The molecule has 23 heavy (non-hydrogen) atoms. The lowest BCUT2D eigenvalue weighted by Gasteiger charge is -1.97. The maximum Gasteiger partial charge on any atom is 0.273 e. The van der Waals surface area contributed by atoms with E-state index in [1.54, 1.807) is 0 Å². The number of halogens is 2. The highest BCUT2D eigenvalue weighted by Gasteiger charge is 2.12. The zero-order chi connectivity index (χ0) is 16.0. The molecule has 0 saturated heterocycles. The maximum absolute atomic E-state index is 12.4. The van der Waals surface area contributed by atoms with E-state index in [1.165, 1.54) is 11.3 Å². The molecule has 0 radical (unpaired) electrons. The molecule has 114 valence electrons. The lowest BCUT2D eigenvalue weighted by molar-refractivity contribution is 0.102. The van der Waals surface area contributed by atoms with E-state index in [9.17, 15) is 4.79 Å². The maximum atomic E-state index is 12.4. The third-order valence-corrected chi connectivity index (χ3v) is 5.32. The number of amides is 1. The molecule has 0 atom stereocenters. The molecule has 4 aromatic rings. The van der Waals surface area contributed by atoms with Crippen molar-refractivity contribution in [3.05, 3.63) is 57.1 Å². The minimum Gasteiger partial charge on any atom is -0.351 e. The summed E-state index contributed by atoms with van der Waals surface area (Å²) in [6, 6.07) is 13.5. The van der Waals surface area contributed by atoms with Gasteiger partial charge in [-0.05, 0) is 42.5 Å². The average Bonchev–Trinajstić information content (AvgIpc) is 3.09. The fourth-order valence-electron chi connectivity index (χ4n) is 2.34. The van der Waals surface area contributed by atoms with E-state index in [4.69, 9.17) is 0 Å². The van der Waals surface area contributed by atoms with Crippen LogP contribution in [0.1, 0.15) is 10.5 Å². The second kappa shape index (κ2) is 5.74. The van der Waals surface area contributed by atoms with Crippen LogP contribution in [0.25, 0.3) is 21.1 Å². The molecule has 2 N–H and O–H groups in total. The lowest BCUT2D eigenvalue weighted by Crippen LogP contribution is -2.11. The number of aromatic amines is 1. The van der Waals surface area contributed by atoms with Gasteiger partial charge in [-0.3, -0.25) is 10.1 Å². The van der Waals surface area contributed by atoms with E-state index in [2.05, 4.69) is 47.1 Å². The third-order valence-electron chi connectivity index (χ3n) is 3.40. The van der Waals surface area contributed by atoms with Gasteiger partial charge in [0.15, 0.2) is 5.13 Å². The van der Waals surface area contributed by atoms with Crippen molar-refractivity contribution in [1.82, 2.24) is 9.97 Å². The van der Waals surface area contributed by atoms with Crippen LogP contribution in [0.3, 0.4) is 0 Å². The van der Waals surface area contributed by atoms with Crippen LogP contribution in [-0.4, -0.2) is 15.9 Å². The van der Waals surface area contributed by atoms with Gasteiger partial charge in [-0.1, -0.05) is 43.2 Å². The van der Waals surface area contributed by atoms with Crippen LogP contribution >= 0.6 is 43.2 Å². The van der Waals surface area contributed by atoms with E-state index < -0.39 is 0 Å². The second-order valence-electron chi connectivity index (χ2n) is 5.00. The molecule has 4 rings (SSSR count). The molecule has 0 saturated carbocycles. The van der Waals surface area contributed by atoms with Gasteiger partial charge in [0.25, 0.3) is 5.91 Å². The van der Waals surface area contributed by atoms with Crippen molar-refractivity contribution in [2.75, 3.05) is 5.32 Å². The number of nitrogens with zero attached hydrogens (tertiary/aromatic N) is 1. The van der Waals surface area contributed by atoms with Crippen molar-refractivity contribution in [2.45, 2.75) is 0 Å². The molecular weight excluding hydrogens is 442 g/mol. The summed E-state index contributed by atoms with van der Waals surface area (Å²) in [4.78, 5) is 20.0. The summed E-state index contributed by atoms with van der Waals surface area (Å²) in [5.74, 6) is -0.199. The number of carbonyl (C=O) groups excluding carboxylic acids is 1. The Hall–Kier alpha value is -1.70. The Labute approximate surface area is 152 Å². The molecule has 4 nitrogen and oxygen atoms in total. The summed E-state index contributed by atoms with van der Waals surface area (Å²) in [5.41, 5.74) is 2.30. The SMILES string of the molecule is O=C(Nc1nc2ccc(Br)cc2s1)c1cc2cc(Br)ccc2[nH]1. The van der Waals surface area contributed by atoms with E-state index in [1.807, 2.05) is 42.5 Å². The summed E-state index contributed by atoms with van der Waals surface area (Å²) in [6.45, 7) is 0. The Morgan fingerprint density at radius 2 is 1.87 bits per heavy atom. The van der Waals surface area contributed by atoms with Crippen LogP contribution < -0.4 is 5.32 Å². The topological polar surface area (TPSA) is 57.8 Å². The van der Waals surface area contributed by atoms with Gasteiger partial charge in [0.2, 0.25) is 0 Å². The first-order valence-corrected chi connectivity index (χ1v) is 9.14. The molecule has 0 fully saturated rings. The fourth-order valence-corrected chi connectivity index (χ4v) is 4.13. The highest BCUT2D eigenvalue weighted by atomic mass is 79.9. The number of hydrogen-bond acceptors (Lipinski definition) is 3. The number of thiazole rings is 1. The number of benzene rings is 2. The molecule has 0 aliphatic carbocycles. The van der Waals surface area contributed by atoms with Gasteiger partial charge in [0.05, 0.1) is 10.2 Å². The van der Waals surface area contributed by atoms with Gasteiger partial charge in [0, 0.05) is 19.8 Å². The number of nitrogens with one attached hydrogen (secondary N) is 2. The summed E-state index contributed by atoms with van der Waals surface area (Å²) < 4.78 is 3.00. The molecule has 2 aromatic heterocycles. The quantitative estimate of drug-likeness (QED) is 0.420. The van der Waals surface area contributed by atoms with Crippen molar-refractivity contribution in [3.8, 4) is 0 Å². The number of carbonyl (C=O) groups is 1. The Bertz CT molecular complexity index is 1050. The van der Waals surface area contributed by atoms with Crippen LogP contribution in [0.4, 0.5) is 5.13 Å². The van der Waals surface area contributed by atoms with Crippen LogP contribution in [-0.2, 0) is 0 Å². The first-order valence-electron chi connectivity index (χ1n) is 6.74. The number of fused-ring (bicyclic) bond motifs is 2. The van der Waals surface area contributed by atoms with Crippen LogP contribution in [0.15, 0.2) is 51.4 Å². The molecule has 0 bridgehead atoms. The van der Waals surface area contributed by atoms with Crippen molar-refractivity contribution >= 4 is 75.4 Å². The molecule has 1 amide bonds. The van der Waals surface area contributed by atoms with E-state index >= 15 is 0 Å². The Kier molecular flexibility index (Phi) is 3.71. The number of rotatable bonds is 2. The zero-order valence-corrected chi connectivity index (χ0v) is 15.5. The van der Waals surface area contributed by atoms with E-state index in [0.717, 1.165) is 30.1 Å². The Balaban J connectivity index is 1.64. The van der Waals surface area contributed by atoms with Gasteiger partial charge in [-0.2, -0.15) is 0 Å². The first-order chi connectivity index (χ1) is 11.1. The molecule has 2 aromatic carbocycles. The van der Waals surface area contributed by atoms with Gasteiger partial charge in [-0.25, -0.2) is 4.98 Å². The highest BCUT2D eigenvalue weighted by molar-refractivity contribution is 9.10. The number of hydrogen-bond donors (Lipinski definition) is 2. The molecule has 0 spiro atoms. The fraction of sp³-hybridized carbons (Fsp3) is 0. The summed E-state index contributed by atoms with van der Waals surface area (Å²) in [7, 11) is 0. The molecule has 0 unspecified atom stereocenters. The molecule has 2 heterocycles. The largest absolute Gasteiger partial charge is 0.351 e.